The molecule has 2 N–H and O–H groups in total. The molecule has 1 aliphatic rings. The predicted molar refractivity (Wildman–Crippen MR) is 91.3 cm³/mol. The third-order valence-corrected chi connectivity index (χ3v) is 4.40. The van der Waals surface area contributed by atoms with Crippen LogP contribution in [0.1, 0.15) is 30.0 Å². The molecule has 116 valence electrons. The number of hydrogen-bond acceptors (Lipinski definition) is 3. The fraction of sp³-hybridized carbons (Fsp3) is 0.368. The molecule has 0 amide bonds. The van der Waals surface area contributed by atoms with Gasteiger partial charge in [-0.05, 0) is 42.2 Å². The van der Waals surface area contributed by atoms with Crippen molar-refractivity contribution in [1.82, 2.24) is 0 Å². The van der Waals surface area contributed by atoms with Crippen LogP contribution in [-0.2, 0) is 13.1 Å². The van der Waals surface area contributed by atoms with Gasteiger partial charge in [0.2, 0.25) is 0 Å². The maximum atomic E-state index is 6.12. The van der Waals surface area contributed by atoms with Crippen molar-refractivity contribution >= 4 is 5.69 Å². The van der Waals surface area contributed by atoms with Crippen molar-refractivity contribution in [1.29, 1.82) is 0 Å². The molecule has 1 atom stereocenters. The summed E-state index contributed by atoms with van der Waals surface area (Å²) in [6, 6.07) is 14.9. The Morgan fingerprint density at radius 2 is 2.05 bits per heavy atom. The van der Waals surface area contributed by atoms with E-state index in [9.17, 15) is 0 Å². The van der Waals surface area contributed by atoms with Gasteiger partial charge in [-0.1, -0.05) is 37.3 Å². The largest absolute Gasteiger partial charge is 0.486 e. The minimum Gasteiger partial charge on any atom is -0.486 e. The second-order valence-corrected chi connectivity index (χ2v) is 5.96. The van der Waals surface area contributed by atoms with E-state index in [0.29, 0.717) is 6.54 Å². The Hall–Kier alpha value is -2.00. The molecule has 2 aromatic rings. The van der Waals surface area contributed by atoms with E-state index >= 15 is 0 Å². The number of nitrogens with two attached hydrogens (primary N) is 1. The minimum atomic E-state index is 0.240. The molecular weight excluding hydrogens is 272 g/mol. The Kier molecular flexibility index (Phi) is 4.34. The number of anilines is 1. The van der Waals surface area contributed by atoms with Crippen LogP contribution >= 0.6 is 0 Å². The topological polar surface area (TPSA) is 38.5 Å². The van der Waals surface area contributed by atoms with Gasteiger partial charge in [0.15, 0.2) is 0 Å². The Labute approximate surface area is 132 Å². The smallest absolute Gasteiger partial charge is 0.143 e. The van der Waals surface area contributed by atoms with Gasteiger partial charge in [-0.3, -0.25) is 0 Å². The average Bonchev–Trinajstić information content (AvgIpc) is 2.56. The first-order valence-electron chi connectivity index (χ1n) is 8.00. The first-order chi connectivity index (χ1) is 10.7. The lowest BCUT2D eigenvalue weighted by Crippen LogP contribution is -2.39. The summed E-state index contributed by atoms with van der Waals surface area (Å²) in [6.07, 6.45) is 1.25. The fourth-order valence-corrected chi connectivity index (χ4v) is 2.96. The van der Waals surface area contributed by atoms with E-state index in [1.54, 1.807) is 0 Å². The highest BCUT2D eigenvalue weighted by molar-refractivity contribution is 5.61. The number of ether oxygens (including phenoxy) is 1. The first-order valence-corrected chi connectivity index (χ1v) is 8.00. The van der Waals surface area contributed by atoms with Crippen LogP contribution < -0.4 is 15.4 Å². The molecule has 3 rings (SSSR count). The molecule has 0 spiro atoms. The van der Waals surface area contributed by atoms with Gasteiger partial charge in [0.05, 0.1) is 12.2 Å². The maximum Gasteiger partial charge on any atom is 0.143 e. The molecule has 0 saturated carbocycles. The molecule has 1 unspecified atom stereocenters. The molecule has 1 aliphatic heterocycles. The van der Waals surface area contributed by atoms with Gasteiger partial charge in [0.1, 0.15) is 11.9 Å². The van der Waals surface area contributed by atoms with Crippen LogP contribution in [0, 0.1) is 6.92 Å². The molecule has 0 radical (unpaired) electrons. The molecule has 0 saturated heterocycles. The molecule has 0 aromatic heterocycles. The molecule has 0 bridgehead atoms. The average molecular weight is 296 g/mol. The summed E-state index contributed by atoms with van der Waals surface area (Å²) in [7, 11) is 0. The summed E-state index contributed by atoms with van der Waals surface area (Å²) in [5.41, 5.74) is 10.8. The van der Waals surface area contributed by atoms with Crippen molar-refractivity contribution in [2.75, 3.05) is 11.4 Å². The fourth-order valence-electron chi connectivity index (χ4n) is 2.96. The number of hydrogen-bond donors (Lipinski definition) is 1. The molecular formula is C19H24N2O. The van der Waals surface area contributed by atoms with Gasteiger partial charge in [0.25, 0.3) is 0 Å². The zero-order valence-corrected chi connectivity index (χ0v) is 13.4. The number of aryl methyl sites for hydroxylation is 1. The third kappa shape index (κ3) is 2.95. The highest BCUT2D eigenvalue weighted by Gasteiger charge is 2.25. The monoisotopic (exact) mass is 296 g/mol. The van der Waals surface area contributed by atoms with Crippen LogP contribution in [0.4, 0.5) is 5.69 Å². The van der Waals surface area contributed by atoms with Crippen molar-refractivity contribution in [3.63, 3.8) is 0 Å². The highest BCUT2D eigenvalue weighted by atomic mass is 16.5. The standard InChI is InChI=1S/C19H24N2O/c1-3-17-13-21(12-16-7-5-4-6-14(16)2)18-9-8-15(11-20)10-19(18)22-17/h4-10,17H,3,11-13,20H2,1-2H3. The number of fused-ring (bicyclic) bond motifs is 1. The van der Waals surface area contributed by atoms with E-state index in [1.165, 1.54) is 16.8 Å². The van der Waals surface area contributed by atoms with E-state index in [1.807, 2.05) is 0 Å². The second kappa shape index (κ2) is 6.41. The summed E-state index contributed by atoms with van der Waals surface area (Å²) in [4.78, 5) is 2.43. The van der Waals surface area contributed by atoms with Crippen molar-refractivity contribution in [2.45, 2.75) is 39.5 Å². The van der Waals surface area contributed by atoms with Crippen LogP contribution in [0.5, 0.6) is 5.75 Å². The number of benzene rings is 2. The van der Waals surface area contributed by atoms with Crippen LogP contribution in [0.15, 0.2) is 42.5 Å². The van der Waals surface area contributed by atoms with Gasteiger partial charge in [-0.25, -0.2) is 0 Å². The molecule has 22 heavy (non-hydrogen) atoms. The Morgan fingerprint density at radius 3 is 2.77 bits per heavy atom. The molecule has 3 heteroatoms. The van der Waals surface area contributed by atoms with Crippen molar-refractivity contribution < 1.29 is 4.74 Å². The summed E-state index contributed by atoms with van der Waals surface area (Å²) in [6.45, 7) is 6.74. The third-order valence-electron chi connectivity index (χ3n) is 4.40. The van der Waals surface area contributed by atoms with Crippen molar-refractivity contribution in [3.8, 4) is 5.75 Å². The Bertz CT molecular complexity index is 654. The molecule has 0 fully saturated rings. The summed E-state index contributed by atoms with van der Waals surface area (Å²) in [5.74, 6) is 0.967. The molecule has 1 heterocycles. The normalized spacial score (nSPS) is 17.0. The highest BCUT2D eigenvalue weighted by Crippen LogP contribution is 2.36. The van der Waals surface area contributed by atoms with E-state index < -0.39 is 0 Å². The lowest BCUT2D eigenvalue weighted by Gasteiger charge is -2.36. The van der Waals surface area contributed by atoms with E-state index in [0.717, 1.165) is 30.8 Å². The molecule has 0 aliphatic carbocycles. The lowest BCUT2D eigenvalue weighted by atomic mass is 10.1. The zero-order chi connectivity index (χ0) is 15.5. The molecule has 3 nitrogen and oxygen atoms in total. The quantitative estimate of drug-likeness (QED) is 0.936. The van der Waals surface area contributed by atoms with Gasteiger partial charge in [0, 0.05) is 13.1 Å². The second-order valence-electron chi connectivity index (χ2n) is 5.96. The van der Waals surface area contributed by atoms with Crippen LogP contribution in [0.2, 0.25) is 0 Å². The number of nitrogens with zero attached hydrogens (tertiary/aromatic N) is 1. The van der Waals surface area contributed by atoms with Crippen LogP contribution in [0.25, 0.3) is 0 Å². The predicted octanol–water partition coefficient (Wildman–Crippen LogP) is 3.63. The van der Waals surface area contributed by atoms with Gasteiger partial charge < -0.3 is 15.4 Å². The SMILES string of the molecule is CCC1CN(Cc2ccccc2C)c2ccc(CN)cc2O1. The first kappa shape index (κ1) is 14.9. The van der Waals surface area contributed by atoms with E-state index in [-0.39, 0.29) is 6.10 Å². The lowest BCUT2D eigenvalue weighted by molar-refractivity contribution is 0.188. The van der Waals surface area contributed by atoms with E-state index in [4.69, 9.17) is 10.5 Å². The Balaban J connectivity index is 1.93. The van der Waals surface area contributed by atoms with Gasteiger partial charge in [-0.15, -0.1) is 0 Å². The summed E-state index contributed by atoms with van der Waals surface area (Å²) in [5, 5.41) is 0. The summed E-state index contributed by atoms with van der Waals surface area (Å²) >= 11 is 0. The van der Waals surface area contributed by atoms with Crippen LogP contribution in [0.3, 0.4) is 0 Å². The zero-order valence-electron chi connectivity index (χ0n) is 13.4. The number of rotatable bonds is 4. The van der Waals surface area contributed by atoms with Crippen LogP contribution in [-0.4, -0.2) is 12.6 Å². The minimum absolute atomic E-state index is 0.240. The van der Waals surface area contributed by atoms with Crippen molar-refractivity contribution in [2.24, 2.45) is 5.73 Å². The molecule has 2 aromatic carbocycles. The van der Waals surface area contributed by atoms with Gasteiger partial charge >= 0.3 is 0 Å². The Morgan fingerprint density at radius 1 is 1.23 bits per heavy atom. The van der Waals surface area contributed by atoms with Gasteiger partial charge in [-0.2, -0.15) is 0 Å². The maximum absolute atomic E-state index is 6.12. The summed E-state index contributed by atoms with van der Waals surface area (Å²) < 4.78 is 6.12. The van der Waals surface area contributed by atoms with Crippen molar-refractivity contribution in [3.05, 3.63) is 59.2 Å². The van der Waals surface area contributed by atoms with E-state index in [2.05, 4.69) is 61.2 Å².